The normalized spacial score (nSPS) is 17.3. The van der Waals surface area contributed by atoms with E-state index in [1.54, 1.807) is 12.1 Å². The highest BCUT2D eigenvalue weighted by Gasteiger charge is 2.30. The fourth-order valence-corrected chi connectivity index (χ4v) is 2.96. The Kier molecular flexibility index (Phi) is 4.50. The standard InChI is InChI=1S/C17H18FN3O2/c1-23-17-19-8-7-15(20-17)16(22)21-9-3-6-14(21)11-12-4-2-5-13(18)10-12/h2,4-5,7-8,10,14H,3,6,9,11H2,1H3. The number of halogens is 1. The molecule has 0 N–H and O–H groups in total. The van der Waals surface area contributed by atoms with Crippen molar-refractivity contribution in [2.24, 2.45) is 0 Å². The van der Waals surface area contributed by atoms with E-state index in [0.29, 0.717) is 18.7 Å². The van der Waals surface area contributed by atoms with Gasteiger partial charge in [-0.2, -0.15) is 4.98 Å². The molecule has 3 rings (SSSR count). The largest absolute Gasteiger partial charge is 0.467 e. The molecule has 0 aliphatic carbocycles. The highest BCUT2D eigenvalue weighted by Crippen LogP contribution is 2.23. The zero-order chi connectivity index (χ0) is 16.2. The van der Waals surface area contributed by atoms with E-state index in [9.17, 15) is 9.18 Å². The van der Waals surface area contributed by atoms with Crippen LogP contribution in [0.2, 0.25) is 0 Å². The molecule has 6 heteroatoms. The number of aromatic nitrogens is 2. The minimum atomic E-state index is -0.251. The second-order valence-corrected chi connectivity index (χ2v) is 5.56. The fourth-order valence-electron chi connectivity index (χ4n) is 2.96. The Morgan fingerprint density at radius 3 is 3.09 bits per heavy atom. The molecule has 2 aromatic rings. The molecule has 1 aromatic heterocycles. The van der Waals surface area contributed by atoms with Gasteiger partial charge in [0, 0.05) is 18.8 Å². The van der Waals surface area contributed by atoms with E-state index >= 15 is 0 Å². The summed E-state index contributed by atoms with van der Waals surface area (Å²) in [4.78, 5) is 22.5. The number of ether oxygens (including phenoxy) is 1. The number of benzene rings is 1. The summed E-state index contributed by atoms with van der Waals surface area (Å²) in [6.07, 6.45) is 4.00. The van der Waals surface area contributed by atoms with Gasteiger partial charge in [-0.15, -0.1) is 0 Å². The van der Waals surface area contributed by atoms with Gasteiger partial charge < -0.3 is 9.64 Å². The lowest BCUT2D eigenvalue weighted by molar-refractivity contribution is 0.0729. The zero-order valence-corrected chi connectivity index (χ0v) is 12.9. The van der Waals surface area contributed by atoms with Gasteiger partial charge in [0.2, 0.25) is 0 Å². The Labute approximate surface area is 134 Å². The number of carbonyl (C=O) groups is 1. The first-order valence-corrected chi connectivity index (χ1v) is 7.60. The van der Waals surface area contributed by atoms with Gasteiger partial charge >= 0.3 is 6.01 Å². The van der Waals surface area contributed by atoms with E-state index in [0.717, 1.165) is 18.4 Å². The number of hydrogen-bond donors (Lipinski definition) is 0. The maximum Gasteiger partial charge on any atom is 0.316 e. The molecule has 1 aliphatic rings. The van der Waals surface area contributed by atoms with Crippen molar-refractivity contribution in [3.8, 4) is 6.01 Å². The molecule has 0 spiro atoms. The van der Waals surface area contributed by atoms with Crippen LogP contribution in [0, 0.1) is 5.82 Å². The summed E-state index contributed by atoms with van der Waals surface area (Å²) in [5.74, 6) is -0.386. The Morgan fingerprint density at radius 1 is 1.43 bits per heavy atom. The molecule has 0 saturated carbocycles. The average molecular weight is 315 g/mol. The number of hydrogen-bond acceptors (Lipinski definition) is 4. The molecule has 5 nitrogen and oxygen atoms in total. The molecule has 0 radical (unpaired) electrons. The number of carbonyl (C=O) groups excluding carboxylic acids is 1. The Balaban J connectivity index is 1.76. The molecule has 2 heterocycles. The number of likely N-dealkylation sites (tertiary alicyclic amines) is 1. The Morgan fingerprint density at radius 2 is 2.30 bits per heavy atom. The SMILES string of the molecule is COc1nccc(C(=O)N2CCCC2Cc2cccc(F)c2)n1. The van der Waals surface area contributed by atoms with Crippen molar-refractivity contribution in [1.29, 1.82) is 0 Å². The van der Waals surface area contributed by atoms with Crippen molar-refractivity contribution < 1.29 is 13.9 Å². The van der Waals surface area contributed by atoms with Crippen LogP contribution in [0.15, 0.2) is 36.5 Å². The summed E-state index contributed by atoms with van der Waals surface area (Å²) < 4.78 is 18.3. The molecule has 1 aromatic carbocycles. The van der Waals surface area contributed by atoms with Crippen LogP contribution in [0.4, 0.5) is 4.39 Å². The van der Waals surface area contributed by atoms with E-state index in [1.807, 2.05) is 11.0 Å². The van der Waals surface area contributed by atoms with Crippen molar-refractivity contribution in [3.63, 3.8) is 0 Å². The van der Waals surface area contributed by atoms with Gasteiger partial charge in [-0.1, -0.05) is 12.1 Å². The number of amides is 1. The van der Waals surface area contributed by atoms with Crippen LogP contribution in [0.5, 0.6) is 6.01 Å². The van der Waals surface area contributed by atoms with Gasteiger partial charge in [0.1, 0.15) is 11.5 Å². The third-order valence-corrected chi connectivity index (χ3v) is 4.03. The lowest BCUT2D eigenvalue weighted by atomic mass is 10.0. The molecular formula is C17H18FN3O2. The summed E-state index contributed by atoms with van der Waals surface area (Å²) in [6, 6.07) is 8.35. The minimum Gasteiger partial charge on any atom is -0.467 e. The molecule has 120 valence electrons. The van der Waals surface area contributed by atoms with Gasteiger partial charge in [-0.3, -0.25) is 4.79 Å². The first kappa shape index (κ1) is 15.4. The maximum atomic E-state index is 13.3. The number of nitrogens with zero attached hydrogens (tertiary/aromatic N) is 3. The fraction of sp³-hybridized carbons (Fsp3) is 0.353. The predicted molar refractivity (Wildman–Crippen MR) is 82.7 cm³/mol. The monoisotopic (exact) mass is 315 g/mol. The minimum absolute atomic E-state index is 0.0604. The summed E-state index contributed by atoms with van der Waals surface area (Å²) in [5, 5.41) is 0. The summed E-state index contributed by atoms with van der Waals surface area (Å²) in [7, 11) is 1.46. The summed E-state index contributed by atoms with van der Waals surface area (Å²) in [6.45, 7) is 0.686. The van der Waals surface area contributed by atoms with Gasteiger partial charge in [-0.25, -0.2) is 9.37 Å². The van der Waals surface area contributed by atoms with Crippen LogP contribution in [0.1, 0.15) is 28.9 Å². The first-order valence-electron chi connectivity index (χ1n) is 7.60. The van der Waals surface area contributed by atoms with Gasteiger partial charge in [-0.05, 0) is 43.0 Å². The second-order valence-electron chi connectivity index (χ2n) is 5.56. The lowest BCUT2D eigenvalue weighted by Gasteiger charge is -2.24. The van der Waals surface area contributed by atoms with E-state index in [2.05, 4.69) is 9.97 Å². The predicted octanol–water partition coefficient (Wildman–Crippen LogP) is 2.47. The third kappa shape index (κ3) is 3.47. The van der Waals surface area contributed by atoms with Crippen LogP contribution < -0.4 is 4.74 Å². The van der Waals surface area contributed by atoms with Crippen LogP contribution >= 0.6 is 0 Å². The summed E-state index contributed by atoms with van der Waals surface area (Å²) in [5.41, 5.74) is 1.22. The van der Waals surface area contributed by atoms with Crippen molar-refractivity contribution in [1.82, 2.24) is 14.9 Å². The number of methoxy groups -OCH3 is 1. The van der Waals surface area contributed by atoms with E-state index < -0.39 is 0 Å². The smallest absolute Gasteiger partial charge is 0.316 e. The molecule has 1 saturated heterocycles. The zero-order valence-electron chi connectivity index (χ0n) is 12.9. The van der Waals surface area contributed by atoms with Crippen LogP contribution in [-0.4, -0.2) is 40.5 Å². The van der Waals surface area contributed by atoms with Crippen molar-refractivity contribution >= 4 is 5.91 Å². The molecule has 1 aliphatic heterocycles. The van der Waals surface area contributed by atoms with Crippen LogP contribution in [-0.2, 0) is 6.42 Å². The average Bonchev–Trinajstić information content (AvgIpc) is 3.02. The van der Waals surface area contributed by atoms with Gasteiger partial charge in [0.05, 0.1) is 7.11 Å². The van der Waals surface area contributed by atoms with E-state index in [-0.39, 0.29) is 23.8 Å². The topological polar surface area (TPSA) is 55.3 Å². The summed E-state index contributed by atoms with van der Waals surface area (Å²) >= 11 is 0. The highest BCUT2D eigenvalue weighted by molar-refractivity contribution is 5.92. The molecular weight excluding hydrogens is 297 g/mol. The Hall–Kier alpha value is -2.50. The van der Waals surface area contributed by atoms with Gasteiger partial charge in [0.15, 0.2) is 0 Å². The second kappa shape index (κ2) is 6.73. The highest BCUT2D eigenvalue weighted by atomic mass is 19.1. The Bertz CT molecular complexity index is 708. The van der Waals surface area contributed by atoms with Crippen molar-refractivity contribution in [2.45, 2.75) is 25.3 Å². The van der Waals surface area contributed by atoms with Crippen molar-refractivity contribution in [3.05, 3.63) is 53.6 Å². The van der Waals surface area contributed by atoms with E-state index in [1.165, 1.54) is 25.4 Å². The quantitative estimate of drug-likeness (QED) is 0.870. The molecule has 1 fully saturated rings. The molecule has 1 amide bonds. The first-order chi connectivity index (χ1) is 11.2. The molecule has 1 atom stereocenters. The van der Waals surface area contributed by atoms with Crippen LogP contribution in [0.25, 0.3) is 0 Å². The molecule has 23 heavy (non-hydrogen) atoms. The van der Waals surface area contributed by atoms with E-state index in [4.69, 9.17) is 4.74 Å². The van der Waals surface area contributed by atoms with Crippen LogP contribution in [0.3, 0.4) is 0 Å². The van der Waals surface area contributed by atoms with Gasteiger partial charge in [0.25, 0.3) is 5.91 Å². The lowest BCUT2D eigenvalue weighted by Crippen LogP contribution is -2.37. The molecule has 0 bridgehead atoms. The number of rotatable bonds is 4. The molecule has 1 unspecified atom stereocenters. The maximum absolute atomic E-state index is 13.3. The van der Waals surface area contributed by atoms with Crippen molar-refractivity contribution in [2.75, 3.05) is 13.7 Å². The third-order valence-electron chi connectivity index (χ3n) is 4.03.